The number of aromatic hydroxyl groups is 1. The maximum Gasteiger partial charge on any atom is 0.215 e. The van der Waals surface area contributed by atoms with E-state index in [2.05, 4.69) is 10.1 Å². The average molecular weight is 323 g/mol. The highest BCUT2D eigenvalue weighted by Gasteiger charge is 2.17. The highest BCUT2D eigenvalue weighted by molar-refractivity contribution is 6.09. The molecule has 0 aliphatic heterocycles. The summed E-state index contributed by atoms with van der Waals surface area (Å²) in [5, 5.41) is 14.1. The van der Waals surface area contributed by atoms with Crippen molar-refractivity contribution in [1.29, 1.82) is 0 Å². The molecule has 0 aliphatic rings. The Balaban J connectivity index is 1.77. The Kier molecular flexibility index (Phi) is 3.13. The minimum atomic E-state index is -0.610. The molecule has 4 aromatic rings. The van der Waals surface area contributed by atoms with Crippen LogP contribution in [-0.2, 0) is 0 Å². The minimum Gasteiger partial charge on any atom is -0.507 e. The highest BCUT2D eigenvalue weighted by atomic mass is 19.1. The summed E-state index contributed by atoms with van der Waals surface area (Å²) in [7, 11) is 0. The number of furan rings is 1. The van der Waals surface area contributed by atoms with Gasteiger partial charge in [0, 0.05) is 12.3 Å². The van der Waals surface area contributed by atoms with Gasteiger partial charge < -0.3 is 9.52 Å². The monoisotopic (exact) mass is 323 g/mol. The smallest absolute Gasteiger partial charge is 0.215 e. The maximum atomic E-state index is 13.3. The molecule has 0 aliphatic carbocycles. The molecule has 3 aromatic heterocycles. The van der Waals surface area contributed by atoms with E-state index in [1.165, 1.54) is 16.8 Å². The molecule has 118 valence electrons. The molecule has 0 amide bonds. The molecule has 1 N–H and O–H groups in total. The van der Waals surface area contributed by atoms with E-state index in [9.17, 15) is 14.3 Å². The third-order valence-corrected chi connectivity index (χ3v) is 3.53. The molecule has 3 heterocycles. The number of nitrogens with zero attached hydrogens (tertiary/aromatic N) is 3. The summed E-state index contributed by atoms with van der Waals surface area (Å²) >= 11 is 0. The van der Waals surface area contributed by atoms with Crippen molar-refractivity contribution in [2.75, 3.05) is 0 Å². The highest BCUT2D eigenvalue weighted by Crippen LogP contribution is 2.22. The van der Waals surface area contributed by atoms with Gasteiger partial charge in [-0.3, -0.25) is 4.79 Å². The molecule has 1 aromatic carbocycles. The van der Waals surface area contributed by atoms with Gasteiger partial charge in [0.1, 0.15) is 23.0 Å². The van der Waals surface area contributed by atoms with E-state index in [1.807, 2.05) is 0 Å². The topological polar surface area (TPSA) is 80.6 Å². The van der Waals surface area contributed by atoms with Gasteiger partial charge in [-0.05, 0) is 36.4 Å². The second-order valence-corrected chi connectivity index (χ2v) is 5.11. The molecule has 24 heavy (non-hydrogen) atoms. The molecule has 0 radical (unpaired) electrons. The zero-order valence-electron chi connectivity index (χ0n) is 12.2. The molecular weight excluding hydrogens is 313 g/mol. The molecule has 4 rings (SSSR count). The molecule has 0 bridgehead atoms. The fraction of sp³-hybridized carbons (Fsp3) is 0. The largest absolute Gasteiger partial charge is 0.507 e. The van der Waals surface area contributed by atoms with Crippen LogP contribution in [0.1, 0.15) is 16.1 Å². The number of hydrogen-bond donors (Lipinski definition) is 1. The number of hydrogen-bond acceptors (Lipinski definition) is 5. The van der Waals surface area contributed by atoms with E-state index >= 15 is 0 Å². The molecule has 0 fully saturated rings. The lowest BCUT2D eigenvalue weighted by Gasteiger charge is -2.03. The average Bonchev–Trinajstić information content (AvgIpc) is 3.24. The van der Waals surface area contributed by atoms with E-state index in [0.29, 0.717) is 17.1 Å². The van der Waals surface area contributed by atoms with Crippen LogP contribution in [0, 0.1) is 5.82 Å². The first-order valence-electron chi connectivity index (χ1n) is 7.05. The van der Waals surface area contributed by atoms with Crippen LogP contribution in [0.4, 0.5) is 4.39 Å². The number of carbonyl (C=O) groups is 1. The maximum absolute atomic E-state index is 13.3. The molecule has 0 spiro atoms. The normalized spacial score (nSPS) is 11.0. The molecule has 7 heteroatoms. The quantitative estimate of drug-likeness (QED) is 0.586. The number of ketones is 1. The summed E-state index contributed by atoms with van der Waals surface area (Å²) in [5.74, 6) is -0.902. The molecule has 0 unspecified atom stereocenters. The molecule has 0 saturated heterocycles. The standard InChI is InChI=1S/C17H10FN3O3/c18-10-3-4-14(22)11(8-10)17(23)12-5-6-21-16(19-12)9-13(20-21)15-2-1-7-24-15/h1-9,22H. The Morgan fingerprint density at radius 3 is 2.88 bits per heavy atom. The van der Waals surface area contributed by atoms with E-state index in [0.717, 1.165) is 18.2 Å². The first-order chi connectivity index (χ1) is 11.6. The van der Waals surface area contributed by atoms with Crippen molar-refractivity contribution in [3.63, 3.8) is 0 Å². The van der Waals surface area contributed by atoms with Gasteiger partial charge in [0.05, 0.1) is 11.8 Å². The summed E-state index contributed by atoms with van der Waals surface area (Å²) in [6, 6.07) is 9.82. The van der Waals surface area contributed by atoms with Crippen LogP contribution < -0.4 is 0 Å². The predicted octanol–water partition coefficient (Wildman–Crippen LogP) is 3.07. The van der Waals surface area contributed by atoms with E-state index < -0.39 is 11.6 Å². The fourth-order valence-electron chi connectivity index (χ4n) is 2.38. The van der Waals surface area contributed by atoms with Crippen molar-refractivity contribution in [2.45, 2.75) is 0 Å². The Labute approximate surface area is 134 Å². The van der Waals surface area contributed by atoms with Crippen molar-refractivity contribution in [3.05, 3.63) is 72.0 Å². The number of carbonyl (C=O) groups excluding carboxylic acids is 1. The van der Waals surface area contributed by atoms with Gasteiger partial charge in [-0.25, -0.2) is 13.9 Å². The van der Waals surface area contributed by atoms with Gasteiger partial charge in [0.2, 0.25) is 5.78 Å². The third kappa shape index (κ3) is 2.32. The number of benzene rings is 1. The predicted molar refractivity (Wildman–Crippen MR) is 82.2 cm³/mol. The van der Waals surface area contributed by atoms with E-state index in [4.69, 9.17) is 4.42 Å². The number of aromatic nitrogens is 3. The third-order valence-electron chi connectivity index (χ3n) is 3.53. The molecular formula is C17H10FN3O3. The van der Waals surface area contributed by atoms with Gasteiger partial charge in [-0.15, -0.1) is 0 Å². The summed E-state index contributed by atoms with van der Waals surface area (Å²) in [4.78, 5) is 16.7. The van der Waals surface area contributed by atoms with Gasteiger partial charge >= 0.3 is 0 Å². The zero-order chi connectivity index (χ0) is 16.7. The second-order valence-electron chi connectivity index (χ2n) is 5.11. The lowest BCUT2D eigenvalue weighted by Crippen LogP contribution is -2.06. The van der Waals surface area contributed by atoms with Gasteiger partial charge in [0.25, 0.3) is 0 Å². The van der Waals surface area contributed by atoms with Crippen LogP contribution in [0.5, 0.6) is 5.75 Å². The van der Waals surface area contributed by atoms with Crippen LogP contribution in [-0.4, -0.2) is 25.5 Å². The van der Waals surface area contributed by atoms with Crippen LogP contribution in [0.2, 0.25) is 0 Å². The summed E-state index contributed by atoms with van der Waals surface area (Å²) in [5.41, 5.74) is 0.945. The first-order valence-corrected chi connectivity index (χ1v) is 7.05. The first kappa shape index (κ1) is 14.1. The lowest BCUT2D eigenvalue weighted by atomic mass is 10.1. The summed E-state index contributed by atoms with van der Waals surface area (Å²) < 4.78 is 20.1. The van der Waals surface area contributed by atoms with Crippen molar-refractivity contribution in [1.82, 2.24) is 14.6 Å². The van der Waals surface area contributed by atoms with Gasteiger partial charge in [-0.1, -0.05) is 0 Å². The van der Waals surface area contributed by atoms with Crippen LogP contribution in [0.15, 0.2) is 59.3 Å². The number of halogens is 1. The fourth-order valence-corrected chi connectivity index (χ4v) is 2.38. The minimum absolute atomic E-state index is 0.0781. The van der Waals surface area contributed by atoms with Crippen molar-refractivity contribution >= 4 is 11.4 Å². The number of rotatable bonds is 3. The Bertz CT molecular complexity index is 1050. The molecule has 0 saturated carbocycles. The SMILES string of the molecule is O=C(c1ccn2nc(-c3ccco3)cc2n1)c1cc(F)ccc1O. The number of phenolic OH excluding ortho intramolecular Hbond substituents is 1. The Hall–Kier alpha value is -3.48. The van der Waals surface area contributed by atoms with E-state index in [-0.39, 0.29) is 17.0 Å². The summed E-state index contributed by atoms with van der Waals surface area (Å²) in [6.45, 7) is 0. The van der Waals surface area contributed by atoms with Crippen molar-refractivity contribution < 1.29 is 18.7 Å². The second kappa shape index (κ2) is 5.31. The lowest BCUT2D eigenvalue weighted by molar-refractivity contribution is 0.103. The molecule has 0 atom stereocenters. The van der Waals surface area contributed by atoms with Crippen molar-refractivity contribution in [2.24, 2.45) is 0 Å². The Morgan fingerprint density at radius 1 is 1.21 bits per heavy atom. The summed E-state index contributed by atoms with van der Waals surface area (Å²) in [6.07, 6.45) is 3.10. The van der Waals surface area contributed by atoms with Crippen LogP contribution in [0.3, 0.4) is 0 Å². The zero-order valence-corrected chi connectivity index (χ0v) is 12.2. The Morgan fingerprint density at radius 2 is 2.08 bits per heavy atom. The van der Waals surface area contributed by atoms with Crippen molar-refractivity contribution in [3.8, 4) is 17.2 Å². The molecule has 6 nitrogen and oxygen atoms in total. The van der Waals surface area contributed by atoms with Crippen LogP contribution in [0.25, 0.3) is 17.1 Å². The van der Waals surface area contributed by atoms with E-state index in [1.54, 1.807) is 24.4 Å². The van der Waals surface area contributed by atoms with Gasteiger partial charge in [-0.2, -0.15) is 5.10 Å². The number of phenols is 1. The van der Waals surface area contributed by atoms with Crippen LogP contribution >= 0.6 is 0 Å². The number of fused-ring (bicyclic) bond motifs is 1. The van der Waals surface area contributed by atoms with Gasteiger partial charge in [0.15, 0.2) is 11.4 Å².